The Morgan fingerprint density at radius 2 is 1.79 bits per heavy atom. The quantitative estimate of drug-likeness (QED) is 0.748. The Hall–Kier alpha value is -2.12. The average Bonchev–Trinajstić information content (AvgIpc) is 2.59. The number of methoxy groups -OCH3 is 2. The highest BCUT2D eigenvalue weighted by Gasteiger charge is 2.25. The van der Waals surface area contributed by atoms with E-state index in [1.165, 1.54) is 18.5 Å². The Kier molecular flexibility index (Phi) is 5.46. The van der Waals surface area contributed by atoms with Crippen LogP contribution in [0.1, 0.15) is 24.2 Å². The van der Waals surface area contributed by atoms with Crippen LogP contribution in [0.2, 0.25) is 0 Å². The Bertz CT molecular complexity index is 857. The fourth-order valence-corrected chi connectivity index (χ4v) is 4.31. The fraction of sp³-hybridized carbons (Fsp3) is 0.353. The zero-order valence-corrected chi connectivity index (χ0v) is 15.0. The first-order valence-corrected chi connectivity index (χ1v) is 9.03. The lowest BCUT2D eigenvalue weighted by molar-refractivity contribution is 0.0597. The molecule has 7 heteroatoms. The summed E-state index contributed by atoms with van der Waals surface area (Å²) in [5.41, 5.74) is 0.255. The summed E-state index contributed by atoms with van der Waals surface area (Å²) in [5.74, 6) is -0.262. The van der Waals surface area contributed by atoms with Gasteiger partial charge >= 0.3 is 5.97 Å². The van der Waals surface area contributed by atoms with E-state index in [4.69, 9.17) is 9.47 Å². The minimum absolute atomic E-state index is 0.193. The van der Waals surface area contributed by atoms with Crippen molar-refractivity contribution < 1.29 is 22.7 Å². The number of fused-ring (bicyclic) bond motifs is 1. The number of nitrogens with zero attached hydrogens (tertiary/aromatic N) is 1. The molecule has 6 nitrogen and oxygen atoms in total. The summed E-state index contributed by atoms with van der Waals surface area (Å²) in [7, 11) is -0.919. The van der Waals surface area contributed by atoms with Gasteiger partial charge in [-0.25, -0.2) is 13.2 Å². The normalized spacial score (nSPS) is 11.7. The van der Waals surface area contributed by atoms with Crippen LogP contribution in [0.15, 0.2) is 35.2 Å². The number of sulfonamides is 1. The van der Waals surface area contributed by atoms with E-state index in [1.807, 2.05) is 0 Å². The predicted molar refractivity (Wildman–Crippen MR) is 91.9 cm³/mol. The first-order valence-electron chi connectivity index (χ1n) is 7.59. The average molecular weight is 351 g/mol. The Labute approximate surface area is 142 Å². The van der Waals surface area contributed by atoms with Gasteiger partial charge in [0.1, 0.15) is 11.3 Å². The molecule has 0 atom stereocenters. The highest BCUT2D eigenvalue weighted by atomic mass is 32.2. The molecule has 24 heavy (non-hydrogen) atoms. The summed E-state index contributed by atoms with van der Waals surface area (Å²) in [6.07, 6.45) is 0. The lowest BCUT2D eigenvalue weighted by Gasteiger charge is -2.20. The van der Waals surface area contributed by atoms with Crippen molar-refractivity contribution in [2.45, 2.75) is 18.7 Å². The van der Waals surface area contributed by atoms with Crippen LogP contribution in [0.4, 0.5) is 0 Å². The van der Waals surface area contributed by atoms with E-state index in [-0.39, 0.29) is 16.2 Å². The molecule has 0 spiro atoms. The maximum Gasteiger partial charge on any atom is 0.341 e. The summed E-state index contributed by atoms with van der Waals surface area (Å²) in [6.45, 7) is 4.35. The van der Waals surface area contributed by atoms with Crippen molar-refractivity contribution in [1.29, 1.82) is 0 Å². The summed E-state index contributed by atoms with van der Waals surface area (Å²) in [6, 6.07) is 8.13. The largest absolute Gasteiger partial charge is 0.496 e. The first-order chi connectivity index (χ1) is 11.4. The SMILES string of the molecule is CCN(CC)S(=O)(=O)c1cccc2cc(C(=O)OC)c(OC)cc12. The highest BCUT2D eigenvalue weighted by molar-refractivity contribution is 7.89. The second-order valence-corrected chi connectivity index (χ2v) is 7.02. The molecule has 0 amide bonds. The third-order valence-electron chi connectivity index (χ3n) is 3.89. The van der Waals surface area contributed by atoms with Crippen molar-refractivity contribution in [3.05, 3.63) is 35.9 Å². The number of carbonyl (C=O) groups excluding carboxylic acids is 1. The second kappa shape index (κ2) is 7.19. The van der Waals surface area contributed by atoms with Gasteiger partial charge in [0.2, 0.25) is 10.0 Å². The van der Waals surface area contributed by atoms with Crippen molar-refractivity contribution in [1.82, 2.24) is 4.31 Å². The third-order valence-corrected chi connectivity index (χ3v) is 6.00. The molecule has 0 aromatic heterocycles. The zero-order valence-electron chi connectivity index (χ0n) is 14.2. The molecule has 0 N–H and O–H groups in total. The molecule has 0 saturated heterocycles. The van der Waals surface area contributed by atoms with Gasteiger partial charge in [0.15, 0.2) is 0 Å². The predicted octanol–water partition coefficient (Wildman–Crippen LogP) is 2.67. The van der Waals surface area contributed by atoms with Gasteiger partial charge < -0.3 is 9.47 Å². The van der Waals surface area contributed by atoms with Gasteiger partial charge in [0.25, 0.3) is 0 Å². The van der Waals surface area contributed by atoms with Crippen LogP contribution in [0.5, 0.6) is 5.75 Å². The third kappa shape index (κ3) is 3.09. The fourth-order valence-electron chi connectivity index (χ4n) is 2.64. The van der Waals surface area contributed by atoms with Crippen molar-refractivity contribution in [3.8, 4) is 5.75 Å². The molecule has 2 rings (SSSR count). The number of ether oxygens (including phenoxy) is 2. The van der Waals surface area contributed by atoms with Crippen molar-refractivity contribution in [2.75, 3.05) is 27.3 Å². The van der Waals surface area contributed by atoms with Crippen LogP contribution >= 0.6 is 0 Å². The molecule has 0 heterocycles. The van der Waals surface area contributed by atoms with Gasteiger partial charge in [-0.1, -0.05) is 26.0 Å². The van der Waals surface area contributed by atoms with Gasteiger partial charge in [0.05, 0.1) is 19.1 Å². The maximum absolute atomic E-state index is 12.9. The number of benzene rings is 2. The van der Waals surface area contributed by atoms with Crippen LogP contribution in [0, 0.1) is 0 Å². The van der Waals surface area contributed by atoms with Crippen LogP contribution < -0.4 is 4.74 Å². The van der Waals surface area contributed by atoms with E-state index in [9.17, 15) is 13.2 Å². The maximum atomic E-state index is 12.9. The molecule has 2 aromatic rings. The molecule has 0 aliphatic heterocycles. The first kappa shape index (κ1) is 18.2. The van der Waals surface area contributed by atoms with Crippen molar-refractivity contribution in [2.24, 2.45) is 0 Å². The standard InChI is InChI=1S/C17H21NO5S/c1-5-18(6-2)24(20,21)16-9-7-8-12-10-14(17(19)23-4)15(22-3)11-13(12)16/h7-11H,5-6H2,1-4H3. The van der Waals surface area contributed by atoms with Gasteiger partial charge in [-0.05, 0) is 23.6 Å². The van der Waals surface area contributed by atoms with Crippen molar-refractivity contribution >= 4 is 26.8 Å². The van der Waals surface area contributed by atoms with E-state index in [0.29, 0.717) is 23.9 Å². The molecule has 0 radical (unpaired) electrons. The molecule has 130 valence electrons. The molecule has 0 fully saturated rings. The van der Waals surface area contributed by atoms with Gasteiger partial charge in [-0.15, -0.1) is 0 Å². The monoisotopic (exact) mass is 351 g/mol. The summed E-state index contributed by atoms with van der Waals surface area (Å²) in [4.78, 5) is 12.1. The topological polar surface area (TPSA) is 72.9 Å². The van der Waals surface area contributed by atoms with Gasteiger partial charge in [-0.3, -0.25) is 0 Å². The molecule has 0 saturated carbocycles. The number of rotatable bonds is 6. The molecule has 0 aliphatic rings. The molecular formula is C17H21NO5S. The zero-order chi connectivity index (χ0) is 17.9. The lowest BCUT2D eigenvalue weighted by atomic mass is 10.1. The van der Waals surface area contributed by atoms with Crippen LogP contribution in [-0.2, 0) is 14.8 Å². The van der Waals surface area contributed by atoms with Crippen LogP contribution in [-0.4, -0.2) is 46.0 Å². The van der Waals surface area contributed by atoms with Crippen LogP contribution in [0.25, 0.3) is 10.8 Å². The van der Waals surface area contributed by atoms with Crippen LogP contribution in [0.3, 0.4) is 0 Å². The smallest absolute Gasteiger partial charge is 0.341 e. The van der Waals surface area contributed by atoms with E-state index < -0.39 is 16.0 Å². The van der Waals surface area contributed by atoms with E-state index in [1.54, 1.807) is 44.2 Å². The number of esters is 1. The molecule has 0 aliphatic carbocycles. The Balaban J connectivity index is 2.77. The van der Waals surface area contributed by atoms with Crippen molar-refractivity contribution in [3.63, 3.8) is 0 Å². The summed E-state index contributed by atoms with van der Waals surface area (Å²) < 4.78 is 37.1. The Morgan fingerprint density at radius 3 is 2.33 bits per heavy atom. The van der Waals surface area contributed by atoms with E-state index in [2.05, 4.69) is 0 Å². The van der Waals surface area contributed by atoms with E-state index in [0.717, 1.165) is 0 Å². The lowest BCUT2D eigenvalue weighted by Crippen LogP contribution is -2.30. The molecule has 0 bridgehead atoms. The summed E-state index contributed by atoms with van der Waals surface area (Å²) in [5, 5.41) is 1.14. The number of hydrogen-bond donors (Lipinski definition) is 0. The molecule has 2 aromatic carbocycles. The minimum atomic E-state index is -3.63. The number of hydrogen-bond acceptors (Lipinski definition) is 5. The highest BCUT2D eigenvalue weighted by Crippen LogP contribution is 2.32. The van der Waals surface area contributed by atoms with Gasteiger partial charge in [0, 0.05) is 18.5 Å². The second-order valence-electron chi connectivity index (χ2n) is 5.11. The molecular weight excluding hydrogens is 330 g/mol. The molecule has 0 unspecified atom stereocenters. The Morgan fingerprint density at radius 1 is 1.12 bits per heavy atom. The minimum Gasteiger partial charge on any atom is -0.496 e. The van der Waals surface area contributed by atoms with Gasteiger partial charge in [-0.2, -0.15) is 4.31 Å². The number of carbonyl (C=O) groups is 1. The van der Waals surface area contributed by atoms with E-state index >= 15 is 0 Å². The summed E-state index contributed by atoms with van der Waals surface area (Å²) >= 11 is 0.